The summed E-state index contributed by atoms with van der Waals surface area (Å²) >= 11 is 0. The lowest BCUT2D eigenvalue weighted by Crippen LogP contribution is -2.38. The Morgan fingerprint density at radius 1 is 1.37 bits per heavy atom. The predicted octanol–water partition coefficient (Wildman–Crippen LogP) is 2.57. The van der Waals surface area contributed by atoms with E-state index in [0.717, 1.165) is 6.42 Å². The largest absolute Gasteiger partial charge is 0.478 e. The number of rotatable bonds is 2. The highest BCUT2D eigenvalue weighted by Crippen LogP contribution is 2.14. The summed E-state index contributed by atoms with van der Waals surface area (Å²) in [6.45, 7) is 3.29. The number of hydrogen-bond donors (Lipinski definition) is 2. The molecule has 1 aliphatic heterocycles. The van der Waals surface area contributed by atoms with Crippen molar-refractivity contribution in [3.63, 3.8) is 0 Å². The first-order chi connectivity index (χ1) is 9.06. The van der Waals surface area contributed by atoms with E-state index >= 15 is 0 Å². The molecule has 0 aromatic heterocycles. The fourth-order valence-corrected chi connectivity index (χ4v) is 2.02. The van der Waals surface area contributed by atoms with Crippen molar-refractivity contribution >= 4 is 17.7 Å². The topological polar surface area (TPSA) is 69.6 Å². The number of aromatic carboxylic acids is 1. The van der Waals surface area contributed by atoms with Gasteiger partial charge in [0.1, 0.15) is 0 Å². The summed E-state index contributed by atoms with van der Waals surface area (Å²) in [5.41, 5.74) is 1.82. The molecule has 0 fully saturated rings. The van der Waals surface area contributed by atoms with Crippen molar-refractivity contribution in [2.75, 3.05) is 18.4 Å². The van der Waals surface area contributed by atoms with Gasteiger partial charge in [0, 0.05) is 18.8 Å². The molecule has 2 amide bonds. The van der Waals surface area contributed by atoms with Crippen LogP contribution in [0.3, 0.4) is 0 Å². The number of nitrogens with one attached hydrogen (secondary N) is 1. The normalized spacial score (nSPS) is 14.8. The van der Waals surface area contributed by atoms with Crippen LogP contribution in [0.1, 0.15) is 23.7 Å². The number of nitrogens with zero attached hydrogens (tertiary/aromatic N) is 1. The molecule has 0 bridgehead atoms. The van der Waals surface area contributed by atoms with Crippen molar-refractivity contribution < 1.29 is 14.7 Å². The molecule has 19 heavy (non-hydrogen) atoms. The van der Waals surface area contributed by atoms with Crippen molar-refractivity contribution in [1.82, 2.24) is 4.90 Å². The lowest BCUT2D eigenvalue weighted by atomic mass is 10.1. The zero-order chi connectivity index (χ0) is 13.8. The average molecular weight is 260 g/mol. The summed E-state index contributed by atoms with van der Waals surface area (Å²) in [5.74, 6) is -1.01. The van der Waals surface area contributed by atoms with Gasteiger partial charge in [-0.15, -0.1) is 0 Å². The van der Waals surface area contributed by atoms with E-state index in [1.165, 1.54) is 17.7 Å². The third-order valence-electron chi connectivity index (χ3n) is 2.98. The van der Waals surface area contributed by atoms with Crippen molar-refractivity contribution in [2.45, 2.75) is 13.3 Å². The standard InChI is InChI=1S/C14H16N2O3/c1-10-4-3-7-16(9-10)14(19)15-12-6-2-5-11(8-12)13(17)18/h2,4-6,8H,3,7,9H2,1H3,(H,15,19)(H,17,18). The molecule has 0 saturated carbocycles. The van der Waals surface area contributed by atoms with Gasteiger partial charge >= 0.3 is 12.0 Å². The van der Waals surface area contributed by atoms with E-state index in [2.05, 4.69) is 11.4 Å². The number of anilines is 1. The van der Waals surface area contributed by atoms with Gasteiger partial charge in [-0.1, -0.05) is 17.7 Å². The van der Waals surface area contributed by atoms with Crippen LogP contribution in [0.5, 0.6) is 0 Å². The molecule has 100 valence electrons. The quantitative estimate of drug-likeness (QED) is 0.803. The molecule has 5 heteroatoms. The minimum absolute atomic E-state index is 0.160. The molecule has 1 heterocycles. The maximum absolute atomic E-state index is 12.0. The first kappa shape index (κ1) is 13.1. The van der Waals surface area contributed by atoms with E-state index in [-0.39, 0.29) is 11.6 Å². The lowest BCUT2D eigenvalue weighted by Gasteiger charge is -2.26. The van der Waals surface area contributed by atoms with Gasteiger partial charge in [0.25, 0.3) is 0 Å². The van der Waals surface area contributed by atoms with E-state index in [1.54, 1.807) is 17.0 Å². The number of carboxylic acid groups (broad SMARTS) is 1. The zero-order valence-corrected chi connectivity index (χ0v) is 10.7. The Morgan fingerprint density at radius 3 is 2.84 bits per heavy atom. The van der Waals surface area contributed by atoms with Gasteiger partial charge in [-0.25, -0.2) is 9.59 Å². The number of urea groups is 1. The number of amides is 2. The third kappa shape index (κ3) is 3.34. The van der Waals surface area contributed by atoms with Crippen LogP contribution in [0.15, 0.2) is 35.9 Å². The Balaban J connectivity index is 2.04. The summed E-state index contributed by atoms with van der Waals surface area (Å²) < 4.78 is 0. The first-order valence-corrected chi connectivity index (χ1v) is 6.11. The van der Waals surface area contributed by atoms with E-state index in [1.807, 2.05) is 6.92 Å². The molecule has 1 aromatic rings. The Morgan fingerprint density at radius 2 is 2.16 bits per heavy atom. The van der Waals surface area contributed by atoms with Crippen LogP contribution in [0.4, 0.5) is 10.5 Å². The fraction of sp³-hybridized carbons (Fsp3) is 0.286. The molecule has 1 aromatic carbocycles. The van der Waals surface area contributed by atoms with Crippen molar-refractivity contribution in [3.8, 4) is 0 Å². The molecule has 0 radical (unpaired) electrons. The van der Waals surface area contributed by atoms with Crippen LogP contribution in [0.2, 0.25) is 0 Å². The van der Waals surface area contributed by atoms with Crippen molar-refractivity contribution in [3.05, 3.63) is 41.5 Å². The third-order valence-corrected chi connectivity index (χ3v) is 2.98. The summed E-state index contributed by atoms with van der Waals surface area (Å²) in [5, 5.41) is 11.6. The maximum atomic E-state index is 12.0. The van der Waals surface area contributed by atoms with Gasteiger partial charge in [0.15, 0.2) is 0 Å². The molecule has 0 unspecified atom stereocenters. The molecule has 0 spiro atoms. The lowest BCUT2D eigenvalue weighted by molar-refractivity contribution is 0.0697. The minimum Gasteiger partial charge on any atom is -0.478 e. The Kier molecular flexibility index (Phi) is 3.85. The van der Waals surface area contributed by atoms with Crippen molar-refractivity contribution in [2.24, 2.45) is 0 Å². The monoisotopic (exact) mass is 260 g/mol. The van der Waals surface area contributed by atoms with Gasteiger partial charge in [0.2, 0.25) is 0 Å². The van der Waals surface area contributed by atoms with E-state index in [4.69, 9.17) is 5.11 Å². The molecule has 5 nitrogen and oxygen atoms in total. The Bertz CT molecular complexity index is 537. The zero-order valence-electron chi connectivity index (χ0n) is 10.7. The number of carbonyl (C=O) groups excluding carboxylic acids is 1. The van der Waals surface area contributed by atoms with Gasteiger partial charge in [-0.2, -0.15) is 0 Å². The molecule has 2 rings (SSSR count). The van der Waals surface area contributed by atoms with Crippen LogP contribution in [-0.2, 0) is 0 Å². The summed E-state index contributed by atoms with van der Waals surface area (Å²) in [7, 11) is 0. The smallest absolute Gasteiger partial charge is 0.335 e. The maximum Gasteiger partial charge on any atom is 0.335 e. The van der Waals surface area contributed by atoms with E-state index < -0.39 is 5.97 Å². The molecule has 2 N–H and O–H groups in total. The van der Waals surface area contributed by atoms with Crippen molar-refractivity contribution in [1.29, 1.82) is 0 Å². The van der Waals surface area contributed by atoms with Gasteiger partial charge in [-0.05, 0) is 31.5 Å². The van der Waals surface area contributed by atoms with E-state index in [0.29, 0.717) is 18.8 Å². The highest BCUT2D eigenvalue weighted by atomic mass is 16.4. The van der Waals surface area contributed by atoms with Gasteiger partial charge < -0.3 is 15.3 Å². The SMILES string of the molecule is CC1=CCCN(C(=O)Nc2cccc(C(=O)O)c2)C1. The summed E-state index contributed by atoms with van der Waals surface area (Å²) in [4.78, 5) is 24.6. The van der Waals surface area contributed by atoms with E-state index in [9.17, 15) is 9.59 Å². The second kappa shape index (κ2) is 5.56. The predicted molar refractivity (Wildman–Crippen MR) is 72.4 cm³/mol. The van der Waals surface area contributed by atoms with Crippen LogP contribution in [0, 0.1) is 0 Å². The van der Waals surface area contributed by atoms with Crippen LogP contribution >= 0.6 is 0 Å². The average Bonchev–Trinajstić information content (AvgIpc) is 2.39. The second-order valence-corrected chi connectivity index (χ2v) is 4.58. The van der Waals surface area contributed by atoms with Crippen LogP contribution in [0.25, 0.3) is 0 Å². The molecule has 1 aliphatic rings. The number of carboxylic acids is 1. The highest BCUT2D eigenvalue weighted by molar-refractivity contribution is 5.93. The second-order valence-electron chi connectivity index (χ2n) is 4.58. The van der Waals surface area contributed by atoms with Crippen LogP contribution in [-0.4, -0.2) is 35.1 Å². The number of hydrogen-bond acceptors (Lipinski definition) is 2. The molecule has 0 saturated heterocycles. The van der Waals surface area contributed by atoms with Gasteiger partial charge in [0.05, 0.1) is 5.56 Å². The Hall–Kier alpha value is -2.30. The molecular formula is C14H16N2O3. The first-order valence-electron chi connectivity index (χ1n) is 6.11. The number of carbonyl (C=O) groups is 2. The molecule has 0 atom stereocenters. The minimum atomic E-state index is -1.01. The van der Waals surface area contributed by atoms with Gasteiger partial charge in [-0.3, -0.25) is 0 Å². The number of benzene rings is 1. The fourth-order valence-electron chi connectivity index (χ4n) is 2.02. The Labute approximate surface area is 111 Å². The summed E-state index contributed by atoms with van der Waals surface area (Å²) in [6, 6.07) is 6.03. The molecular weight excluding hydrogens is 244 g/mol. The van der Waals surface area contributed by atoms with Crippen LogP contribution < -0.4 is 5.32 Å². The highest BCUT2D eigenvalue weighted by Gasteiger charge is 2.16. The summed E-state index contributed by atoms with van der Waals surface area (Å²) in [6.07, 6.45) is 2.98. The molecule has 0 aliphatic carbocycles.